The first-order chi connectivity index (χ1) is 9.03. The first-order valence-electron chi connectivity index (χ1n) is 5.86. The lowest BCUT2D eigenvalue weighted by Gasteiger charge is -2.17. The first-order valence-corrected chi connectivity index (χ1v) is 5.86. The number of nitrogens with zero attached hydrogens (tertiary/aromatic N) is 1. The van der Waals surface area contributed by atoms with Gasteiger partial charge in [0.1, 0.15) is 11.5 Å². The Kier molecular flexibility index (Phi) is 5.17. The molecule has 0 saturated carbocycles. The number of nitrogens with two attached hydrogens (primary N) is 1. The third-order valence-electron chi connectivity index (χ3n) is 2.69. The van der Waals surface area contributed by atoms with Crippen LogP contribution >= 0.6 is 0 Å². The summed E-state index contributed by atoms with van der Waals surface area (Å²) >= 11 is 0. The topological polar surface area (TPSA) is 94.1 Å². The highest BCUT2D eigenvalue weighted by Gasteiger charge is 2.18. The number of hydrogen-bond donors (Lipinski definition) is 2. The number of carbonyl (C=O) groups excluding carboxylic acids is 1. The Balaban J connectivity index is 3.17. The SMILES string of the molecule is CCC(Oc1cc(OC)ccc1/C(C)=N/O)C(N)=O. The third kappa shape index (κ3) is 3.61. The third-order valence-corrected chi connectivity index (χ3v) is 2.69. The summed E-state index contributed by atoms with van der Waals surface area (Å²) in [5.74, 6) is 0.416. The number of ether oxygens (including phenoxy) is 2. The van der Waals surface area contributed by atoms with Gasteiger partial charge < -0.3 is 20.4 Å². The summed E-state index contributed by atoms with van der Waals surface area (Å²) in [6.07, 6.45) is -0.293. The number of oxime groups is 1. The lowest BCUT2D eigenvalue weighted by Crippen LogP contribution is -2.33. The van der Waals surface area contributed by atoms with Gasteiger partial charge in [0, 0.05) is 11.6 Å². The molecule has 19 heavy (non-hydrogen) atoms. The van der Waals surface area contributed by atoms with Gasteiger partial charge in [-0.1, -0.05) is 12.1 Å². The van der Waals surface area contributed by atoms with E-state index in [0.29, 0.717) is 29.2 Å². The van der Waals surface area contributed by atoms with Crippen LogP contribution in [0.2, 0.25) is 0 Å². The molecule has 104 valence electrons. The Morgan fingerprint density at radius 1 is 1.53 bits per heavy atom. The number of hydrogen-bond acceptors (Lipinski definition) is 5. The Morgan fingerprint density at radius 2 is 2.21 bits per heavy atom. The van der Waals surface area contributed by atoms with Crippen molar-refractivity contribution in [1.82, 2.24) is 0 Å². The normalized spacial score (nSPS) is 12.9. The summed E-state index contributed by atoms with van der Waals surface area (Å²) in [4.78, 5) is 11.2. The fraction of sp³-hybridized carbons (Fsp3) is 0.385. The van der Waals surface area contributed by atoms with Crippen LogP contribution in [0, 0.1) is 0 Å². The van der Waals surface area contributed by atoms with Crippen LogP contribution in [-0.2, 0) is 4.79 Å². The smallest absolute Gasteiger partial charge is 0.258 e. The van der Waals surface area contributed by atoms with Crippen molar-refractivity contribution in [1.29, 1.82) is 0 Å². The highest BCUT2D eigenvalue weighted by atomic mass is 16.5. The molecule has 1 atom stereocenters. The van der Waals surface area contributed by atoms with Crippen LogP contribution in [-0.4, -0.2) is 30.0 Å². The molecule has 0 aliphatic carbocycles. The van der Waals surface area contributed by atoms with Gasteiger partial charge in [0.15, 0.2) is 6.10 Å². The zero-order valence-corrected chi connectivity index (χ0v) is 11.2. The molecule has 1 aromatic carbocycles. The zero-order valence-electron chi connectivity index (χ0n) is 11.2. The largest absolute Gasteiger partial charge is 0.497 e. The van der Waals surface area contributed by atoms with Crippen molar-refractivity contribution in [2.75, 3.05) is 7.11 Å². The Bertz CT molecular complexity index is 486. The minimum atomic E-state index is -0.739. The van der Waals surface area contributed by atoms with E-state index in [-0.39, 0.29) is 0 Å². The van der Waals surface area contributed by atoms with Gasteiger partial charge in [0.2, 0.25) is 0 Å². The summed E-state index contributed by atoms with van der Waals surface area (Å²) in [6, 6.07) is 5.02. The maximum absolute atomic E-state index is 11.2. The van der Waals surface area contributed by atoms with Crippen molar-refractivity contribution in [3.8, 4) is 11.5 Å². The quantitative estimate of drug-likeness (QED) is 0.464. The highest BCUT2D eigenvalue weighted by Crippen LogP contribution is 2.27. The van der Waals surface area contributed by atoms with Crippen molar-refractivity contribution in [3.05, 3.63) is 23.8 Å². The van der Waals surface area contributed by atoms with Crippen molar-refractivity contribution >= 4 is 11.6 Å². The fourth-order valence-corrected chi connectivity index (χ4v) is 1.58. The lowest BCUT2D eigenvalue weighted by molar-refractivity contribution is -0.124. The van der Waals surface area contributed by atoms with E-state index in [9.17, 15) is 4.79 Å². The van der Waals surface area contributed by atoms with E-state index in [1.807, 2.05) is 0 Å². The summed E-state index contributed by atoms with van der Waals surface area (Å²) in [7, 11) is 1.52. The monoisotopic (exact) mass is 266 g/mol. The molecule has 0 bridgehead atoms. The molecule has 0 fully saturated rings. The average Bonchev–Trinajstić information content (AvgIpc) is 2.43. The molecule has 0 spiro atoms. The molecule has 6 nitrogen and oxygen atoms in total. The Hall–Kier alpha value is -2.24. The second-order valence-electron chi connectivity index (χ2n) is 3.96. The molecule has 1 aromatic rings. The minimum Gasteiger partial charge on any atom is -0.497 e. The maximum Gasteiger partial charge on any atom is 0.258 e. The minimum absolute atomic E-state index is 0.372. The molecule has 0 aliphatic rings. The molecule has 1 rings (SSSR count). The number of benzene rings is 1. The van der Waals surface area contributed by atoms with Crippen LogP contribution in [0.4, 0.5) is 0 Å². The predicted molar refractivity (Wildman–Crippen MR) is 70.9 cm³/mol. The van der Waals surface area contributed by atoms with Crippen LogP contribution in [0.1, 0.15) is 25.8 Å². The lowest BCUT2D eigenvalue weighted by atomic mass is 10.1. The van der Waals surface area contributed by atoms with E-state index < -0.39 is 12.0 Å². The summed E-state index contributed by atoms with van der Waals surface area (Å²) in [5.41, 5.74) is 6.19. The molecule has 3 N–H and O–H groups in total. The van der Waals surface area contributed by atoms with Gasteiger partial charge in [-0.05, 0) is 25.5 Å². The molecule has 0 aromatic heterocycles. The van der Waals surface area contributed by atoms with Crippen molar-refractivity contribution in [2.45, 2.75) is 26.4 Å². The average molecular weight is 266 g/mol. The molecular formula is C13H18N2O4. The van der Waals surface area contributed by atoms with E-state index in [2.05, 4.69) is 5.16 Å². The van der Waals surface area contributed by atoms with Crippen LogP contribution in [0.5, 0.6) is 11.5 Å². The molecule has 0 radical (unpaired) electrons. The number of primary amides is 1. The predicted octanol–water partition coefficient (Wildman–Crippen LogP) is 1.54. The molecule has 1 unspecified atom stereocenters. The van der Waals surface area contributed by atoms with E-state index in [0.717, 1.165) is 0 Å². The summed E-state index contributed by atoms with van der Waals surface area (Å²) < 4.78 is 10.7. The fourth-order valence-electron chi connectivity index (χ4n) is 1.58. The standard InChI is InChI=1S/C13H18N2O4/c1-4-11(13(14)16)19-12-7-9(18-3)5-6-10(12)8(2)15-17/h5-7,11,17H,4H2,1-3H3,(H2,14,16)/b15-8+. The van der Waals surface area contributed by atoms with E-state index >= 15 is 0 Å². The number of methoxy groups -OCH3 is 1. The molecular weight excluding hydrogens is 248 g/mol. The number of amides is 1. The molecule has 1 amide bonds. The van der Waals surface area contributed by atoms with Gasteiger partial charge in [-0.15, -0.1) is 0 Å². The van der Waals surface area contributed by atoms with Crippen LogP contribution in [0.25, 0.3) is 0 Å². The Labute approximate surface area is 111 Å². The highest BCUT2D eigenvalue weighted by molar-refractivity contribution is 6.01. The van der Waals surface area contributed by atoms with E-state index in [4.69, 9.17) is 20.4 Å². The summed E-state index contributed by atoms with van der Waals surface area (Å²) in [5, 5.41) is 12.0. The van der Waals surface area contributed by atoms with E-state index in [1.165, 1.54) is 7.11 Å². The van der Waals surface area contributed by atoms with Gasteiger partial charge >= 0.3 is 0 Å². The molecule has 0 aliphatic heterocycles. The van der Waals surface area contributed by atoms with Crippen LogP contribution in [0.15, 0.2) is 23.4 Å². The van der Waals surface area contributed by atoms with Gasteiger partial charge in [0.05, 0.1) is 12.8 Å². The Morgan fingerprint density at radius 3 is 2.68 bits per heavy atom. The van der Waals surface area contributed by atoms with Crippen molar-refractivity contribution < 1.29 is 19.5 Å². The van der Waals surface area contributed by atoms with Crippen molar-refractivity contribution in [2.24, 2.45) is 10.9 Å². The van der Waals surface area contributed by atoms with Crippen LogP contribution in [0.3, 0.4) is 0 Å². The summed E-state index contributed by atoms with van der Waals surface area (Å²) in [6.45, 7) is 3.42. The first kappa shape index (κ1) is 14.8. The zero-order chi connectivity index (χ0) is 14.4. The van der Waals surface area contributed by atoms with Gasteiger partial charge in [0.25, 0.3) is 5.91 Å². The van der Waals surface area contributed by atoms with Crippen LogP contribution < -0.4 is 15.2 Å². The number of rotatable bonds is 6. The number of carbonyl (C=O) groups is 1. The van der Waals surface area contributed by atoms with Gasteiger partial charge in [-0.3, -0.25) is 4.79 Å². The van der Waals surface area contributed by atoms with Crippen molar-refractivity contribution in [3.63, 3.8) is 0 Å². The molecule has 6 heteroatoms. The van der Waals surface area contributed by atoms with Gasteiger partial charge in [-0.2, -0.15) is 0 Å². The molecule has 0 heterocycles. The van der Waals surface area contributed by atoms with Gasteiger partial charge in [-0.25, -0.2) is 0 Å². The van der Waals surface area contributed by atoms with E-state index in [1.54, 1.807) is 32.0 Å². The second-order valence-corrected chi connectivity index (χ2v) is 3.96. The second kappa shape index (κ2) is 6.63. The molecule has 0 saturated heterocycles. The maximum atomic E-state index is 11.2.